The molecule has 0 fully saturated rings. The van der Waals surface area contributed by atoms with Gasteiger partial charge in [-0.3, -0.25) is 9.78 Å². The van der Waals surface area contributed by atoms with Gasteiger partial charge in [-0.25, -0.2) is 4.98 Å². The first kappa shape index (κ1) is 16.4. The van der Waals surface area contributed by atoms with Crippen LogP contribution < -0.4 is 10.1 Å². The standard InChI is InChI=1S/C18H19N3O2S/c1-11(2)15(12-7-9-19-10-8-12)17(22)21-18-20-16-13(23-3)5-4-6-14(16)24-18/h4-11,15H,1-3H3,(H,20,21,22)/t15-/m0/s1. The summed E-state index contributed by atoms with van der Waals surface area (Å²) in [5.74, 6) is 0.561. The van der Waals surface area contributed by atoms with Crippen molar-refractivity contribution < 1.29 is 9.53 Å². The summed E-state index contributed by atoms with van der Waals surface area (Å²) in [6, 6.07) is 9.51. The molecule has 0 saturated carbocycles. The van der Waals surface area contributed by atoms with Crippen molar-refractivity contribution in [3.63, 3.8) is 0 Å². The summed E-state index contributed by atoms with van der Waals surface area (Å²) in [7, 11) is 1.62. The molecule has 0 bridgehead atoms. The summed E-state index contributed by atoms with van der Waals surface area (Å²) in [4.78, 5) is 21.3. The third-order valence-electron chi connectivity index (χ3n) is 3.85. The zero-order valence-corrected chi connectivity index (χ0v) is 14.6. The van der Waals surface area contributed by atoms with Crippen LogP contribution in [0.1, 0.15) is 25.3 Å². The third kappa shape index (κ3) is 3.23. The maximum atomic E-state index is 12.8. The van der Waals surface area contributed by atoms with E-state index in [2.05, 4.69) is 15.3 Å². The zero-order valence-electron chi connectivity index (χ0n) is 13.8. The Balaban J connectivity index is 1.88. The number of methoxy groups -OCH3 is 1. The lowest BCUT2D eigenvalue weighted by Gasteiger charge is -2.19. The van der Waals surface area contributed by atoms with Crippen molar-refractivity contribution in [3.8, 4) is 5.75 Å². The number of thiazole rings is 1. The molecule has 3 aromatic rings. The van der Waals surface area contributed by atoms with E-state index in [1.54, 1.807) is 19.5 Å². The predicted octanol–water partition coefficient (Wildman–Crippen LogP) is 4.08. The number of rotatable bonds is 5. The van der Waals surface area contributed by atoms with Gasteiger partial charge in [-0.2, -0.15) is 0 Å². The SMILES string of the molecule is COc1cccc2sc(NC(=O)[C@H](c3ccncc3)C(C)C)nc12. The number of hydrogen-bond acceptors (Lipinski definition) is 5. The molecule has 1 amide bonds. The van der Waals surface area contributed by atoms with Crippen LogP contribution in [-0.4, -0.2) is 23.0 Å². The van der Waals surface area contributed by atoms with Crippen molar-refractivity contribution in [1.82, 2.24) is 9.97 Å². The quantitative estimate of drug-likeness (QED) is 0.759. The molecule has 0 aliphatic carbocycles. The van der Waals surface area contributed by atoms with Gasteiger partial charge in [0.25, 0.3) is 0 Å². The van der Waals surface area contributed by atoms with Crippen LogP contribution in [0.5, 0.6) is 5.75 Å². The molecule has 0 radical (unpaired) electrons. The number of para-hydroxylation sites is 1. The topological polar surface area (TPSA) is 64.1 Å². The number of hydrogen-bond donors (Lipinski definition) is 1. The van der Waals surface area contributed by atoms with Crippen LogP contribution in [0.3, 0.4) is 0 Å². The monoisotopic (exact) mass is 341 g/mol. The molecule has 1 aromatic carbocycles. The number of amides is 1. The van der Waals surface area contributed by atoms with Crippen LogP contribution in [0.15, 0.2) is 42.7 Å². The Hall–Kier alpha value is -2.47. The summed E-state index contributed by atoms with van der Waals surface area (Å²) < 4.78 is 6.31. The lowest BCUT2D eigenvalue weighted by Crippen LogP contribution is -2.25. The Kier molecular flexibility index (Phi) is 4.76. The molecular formula is C18H19N3O2S. The fourth-order valence-electron chi connectivity index (χ4n) is 2.73. The van der Waals surface area contributed by atoms with Crippen LogP contribution in [0, 0.1) is 5.92 Å². The number of carbonyl (C=O) groups excluding carboxylic acids is 1. The van der Waals surface area contributed by atoms with Crippen molar-refractivity contribution in [2.75, 3.05) is 12.4 Å². The minimum Gasteiger partial charge on any atom is -0.494 e. The summed E-state index contributed by atoms with van der Waals surface area (Å²) in [5, 5.41) is 3.54. The fraction of sp³-hybridized carbons (Fsp3) is 0.278. The number of nitrogens with one attached hydrogen (secondary N) is 1. The van der Waals surface area contributed by atoms with E-state index in [-0.39, 0.29) is 17.7 Å². The summed E-state index contributed by atoms with van der Waals surface area (Å²) in [6.45, 7) is 4.07. The van der Waals surface area contributed by atoms with Crippen LogP contribution in [0.2, 0.25) is 0 Å². The first-order chi connectivity index (χ1) is 11.6. The van der Waals surface area contributed by atoms with E-state index in [9.17, 15) is 4.79 Å². The molecule has 0 spiro atoms. The van der Waals surface area contributed by atoms with E-state index in [0.717, 1.165) is 15.8 Å². The molecule has 0 unspecified atom stereocenters. The average Bonchev–Trinajstić information content (AvgIpc) is 2.97. The number of aromatic nitrogens is 2. The molecule has 24 heavy (non-hydrogen) atoms. The van der Waals surface area contributed by atoms with Crippen LogP contribution >= 0.6 is 11.3 Å². The third-order valence-corrected chi connectivity index (χ3v) is 4.78. The van der Waals surface area contributed by atoms with Gasteiger partial charge >= 0.3 is 0 Å². The van der Waals surface area contributed by atoms with Crippen molar-refractivity contribution in [2.45, 2.75) is 19.8 Å². The van der Waals surface area contributed by atoms with Gasteiger partial charge in [-0.05, 0) is 35.7 Å². The van der Waals surface area contributed by atoms with E-state index in [4.69, 9.17) is 4.74 Å². The minimum absolute atomic E-state index is 0.0609. The lowest BCUT2D eigenvalue weighted by atomic mass is 9.88. The Morgan fingerprint density at radius 3 is 2.62 bits per heavy atom. The molecule has 2 heterocycles. The molecule has 1 N–H and O–H groups in total. The number of ether oxygens (including phenoxy) is 1. The second kappa shape index (κ2) is 6.97. The molecular weight excluding hydrogens is 322 g/mol. The highest BCUT2D eigenvalue weighted by molar-refractivity contribution is 7.22. The summed E-state index contributed by atoms with van der Waals surface area (Å²) in [5.41, 5.74) is 1.72. The number of anilines is 1. The molecule has 5 nitrogen and oxygen atoms in total. The maximum Gasteiger partial charge on any atom is 0.233 e. The molecule has 3 rings (SSSR count). The maximum absolute atomic E-state index is 12.8. The Morgan fingerprint density at radius 1 is 1.21 bits per heavy atom. The number of nitrogens with zero attached hydrogens (tertiary/aromatic N) is 2. The largest absolute Gasteiger partial charge is 0.494 e. The van der Waals surface area contributed by atoms with Gasteiger partial charge in [0, 0.05) is 12.4 Å². The Morgan fingerprint density at radius 2 is 1.96 bits per heavy atom. The number of benzene rings is 1. The van der Waals surface area contributed by atoms with E-state index < -0.39 is 0 Å². The van der Waals surface area contributed by atoms with E-state index in [1.165, 1.54) is 11.3 Å². The predicted molar refractivity (Wildman–Crippen MR) is 96.6 cm³/mol. The first-order valence-corrected chi connectivity index (χ1v) is 8.56. The van der Waals surface area contributed by atoms with Gasteiger partial charge in [0.15, 0.2) is 5.13 Å². The fourth-order valence-corrected chi connectivity index (χ4v) is 3.62. The van der Waals surface area contributed by atoms with E-state index in [0.29, 0.717) is 10.9 Å². The molecule has 124 valence electrons. The Bertz CT molecular complexity index is 846. The lowest BCUT2D eigenvalue weighted by molar-refractivity contribution is -0.118. The molecule has 2 aromatic heterocycles. The second-order valence-corrected chi connectivity index (χ2v) is 6.85. The summed E-state index contributed by atoms with van der Waals surface area (Å²) >= 11 is 1.44. The van der Waals surface area contributed by atoms with Crippen LogP contribution in [-0.2, 0) is 4.79 Å². The highest BCUT2D eigenvalue weighted by Crippen LogP contribution is 2.33. The number of pyridine rings is 1. The van der Waals surface area contributed by atoms with Gasteiger partial charge in [-0.15, -0.1) is 0 Å². The number of fused-ring (bicyclic) bond motifs is 1. The summed E-state index contributed by atoms with van der Waals surface area (Å²) in [6.07, 6.45) is 3.42. The molecule has 0 saturated heterocycles. The second-order valence-electron chi connectivity index (χ2n) is 5.82. The van der Waals surface area contributed by atoms with E-state index in [1.807, 2.05) is 44.2 Å². The molecule has 6 heteroatoms. The normalized spacial score (nSPS) is 12.3. The van der Waals surface area contributed by atoms with Gasteiger partial charge in [0.05, 0.1) is 17.7 Å². The van der Waals surface area contributed by atoms with E-state index >= 15 is 0 Å². The average molecular weight is 341 g/mol. The van der Waals surface area contributed by atoms with Crippen molar-refractivity contribution in [2.24, 2.45) is 5.92 Å². The van der Waals surface area contributed by atoms with Crippen molar-refractivity contribution >= 4 is 32.6 Å². The van der Waals surface area contributed by atoms with Gasteiger partial charge in [0.2, 0.25) is 5.91 Å². The van der Waals surface area contributed by atoms with Gasteiger partial charge in [0.1, 0.15) is 11.3 Å². The van der Waals surface area contributed by atoms with Crippen molar-refractivity contribution in [3.05, 3.63) is 48.3 Å². The zero-order chi connectivity index (χ0) is 17.1. The highest BCUT2D eigenvalue weighted by atomic mass is 32.1. The Labute approximate surface area is 144 Å². The highest BCUT2D eigenvalue weighted by Gasteiger charge is 2.25. The smallest absolute Gasteiger partial charge is 0.233 e. The van der Waals surface area contributed by atoms with Crippen molar-refractivity contribution in [1.29, 1.82) is 0 Å². The van der Waals surface area contributed by atoms with Gasteiger partial charge in [-0.1, -0.05) is 31.3 Å². The molecule has 0 aliphatic heterocycles. The number of carbonyl (C=O) groups is 1. The van der Waals surface area contributed by atoms with Crippen LogP contribution in [0.25, 0.3) is 10.2 Å². The van der Waals surface area contributed by atoms with Crippen LogP contribution in [0.4, 0.5) is 5.13 Å². The molecule has 1 atom stereocenters. The minimum atomic E-state index is -0.248. The first-order valence-electron chi connectivity index (χ1n) is 7.74. The van der Waals surface area contributed by atoms with Gasteiger partial charge < -0.3 is 10.1 Å². The molecule has 0 aliphatic rings.